The van der Waals surface area contributed by atoms with Crippen LogP contribution in [-0.4, -0.2) is 24.4 Å². The summed E-state index contributed by atoms with van der Waals surface area (Å²) in [6.07, 6.45) is -2.21. The van der Waals surface area contributed by atoms with Crippen LogP contribution in [0.1, 0.15) is 49.0 Å². The Bertz CT molecular complexity index is 588. The van der Waals surface area contributed by atoms with Crippen molar-refractivity contribution in [3.63, 3.8) is 0 Å². The van der Waals surface area contributed by atoms with Crippen LogP contribution >= 0.6 is 0 Å². The highest BCUT2D eigenvalue weighted by atomic mass is 19.4. The number of halogens is 3. The maximum Gasteiger partial charge on any atom is 0.416 e. The van der Waals surface area contributed by atoms with Crippen molar-refractivity contribution in [2.45, 2.75) is 45.3 Å². The molecule has 5 nitrogen and oxygen atoms in total. The van der Waals surface area contributed by atoms with Crippen LogP contribution in [0.4, 0.5) is 18.9 Å². The number of nitrogens with two attached hydrogens (primary N) is 1. The number of hydrogen-bond donors (Lipinski definition) is 3. The highest BCUT2D eigenvalue weighted by Gasteiger charge is 2.32. The van der Waals surface area contributed by atoms with Crippen molar-refractivity contribution in [1.29, 1.82) is 0 Å². The van der Waals surface area contributed by atoms with E-state index < -0.39 is 23.6 Å². The average Bonchev–Trinajstić information content (AvgIpc) is 2.49. The number of amides is 2. The van der Waals surface area contributed by atoms with Gasteiger partial charge in [-0.1, -0.05) is 19.8 Å². The summed E-state index contributed by atoms with van der Waals surface area (Å²) in [5.41, 5.74) is 4.32. The molecular weight excluding hydrogens is 323 g/mol. The fourth-order valence-corrected chi connectivity index (χ4v) is 2.17. The van der Waals surface area contributed by atoms with E-state index in [1.165, 1.54) is 13.0 Å². The summed E-state index contributed by atoms with van der Waals surface area (Å²) in [4.78, 5) is 23.3. The minimum absolute atomic E-state index is 0.0830. The van der Waals surface area contributed by atoms with Crippen LogP contribution in [0.5, 0.6) is 0 Å². The number of alkyl halides is 3. The van der Waals surface area contributed by atoms with Gasteiger partial charge in [-0.15, -0.1) is 0 Å². The van der Waals surface area contributed by atoms with Crippen molar-refractivity contribution in [3.8, 4) is 0 Å². The molecule has 134 valence electrons. The van der Waals surface area contributed by atoms with Gasteiger partial charge in [0.1, 0.15) is 0 Å². The van der Waals surface area contributed by atoms with E-state index in [9.17, 15) is 22.8 Å². The molecule has 0 saturated heterocycles. The van der Waals surface area contributed by atoms with E-state index in [0.29, 0.717) is 6.42 Å². The number of unbranched alkanes of at least 4 members (excludes halogenated alkanes) is 1. The Morgan fingerprint density at radius 1 is 1.25 bits per heavy atom. The van der Waals surface area contributed by atoms with E-state index >= 15 is 0 Å². The maximum absolute atomic E-state index is 13.0. The van der Waals surface area contributed by atoms with Crippen molar-refractivity contribution >= 4 is 17.5 Å². The van der Waals surface area contributed by atoms with E-state index in [4.69, 9.17) is 5.73 Å². The number of hydrogen-bond acceptors (Lipinski definition) is 3. The van der Waals surface area contributed by atoms with E-state index in [2.05, 4.69) is 10.6 Å². The quantitative estimate of drug-likeness (QED) is 0.710. The first-order valence-corrected chi connectivity index (χ1v) is 7.68. The van der Waals surface area contributed by atoms with Gasteiger partial charge in [0.25, 0.3) is 5.91 Å². The topological polar surface area (TPSA) is 84.2 Å². The maximum atomic E-state index is 13.0. The Kier molecular flexibility index (Phi) is 7.21. The molecule has 0 aromatic heterocycles. The van der Waals surface area contributed by atoms with Gasteiger partial charge in [-0.25, -0.2) is 0 Å². The zero-order chi connectivity index (χ0) is 18.3. The van der Waals surface area contributed by atoms with Gasteiger partial charge in [-0.2, -0.15) is 13.2 Å². The third-order valence-electron chi connectivity index (χ3n) is 3.37. The molecule has 0 aliphatic carbocycles. The molecule has 1 atom stereocenters. The molecule has 1 aromatic carbocycles. The van der Waals surface area contributed by atoms with Gasteiger partial charge in [0.05, 0.1) is 5.56 Å². The van der Waals surface area contributed by atoms with E-state index in [1.54, 1.807) is 0 Å². The van der Waals surface area contributed by atoms with Crippen LogP contribution in [-0.2, 0) is 11.0 Å². The summed E-state index contributed by atoms with van der Waals surface area (Å²) in [5, 5.41) is 4.90. The summed E-state index contributed by atoms with van der Waals surface area (Å²) in [6, 6.07) is 2.44. The van der Waals surface area contributed by atoms with Crippen molar-refractivity contribution in [1.82, 2.24) is 5.32 Å². The molecule has 0 aliphatic rings. The molecule has 1 rings (SSSR count). The second-order valence-electron chi connectivity index (χ2n) is 5.53. The van der Waals surface area contributed by atoms with Gasteiger partial charge in [-0.05, 0) is 24.6 Å². The van der Waals surface area contributed by atoms with Crippen molar-refractivity contribution in [3.05, 3.63) is 29.3 Å². The lowest BCUT2D eigenvalue weighted by Gasteiger charge is -2.18. The van der Waals surface area contributed by atoms with Gasteiger partial charge >= 0.3 is 6.18 Å². The zero-order valence-corrected chi connectivity index (χ0v) is 13.7. The number of carbonyl (C=O) groups excluding carboxylic acids is 2. The SMILES string of the molecule is CCCCC(CN)NC(=O)c1cc(NC(C)=O)cc(C(F)(F)F)c1. The lowest BCUT2D eigenvalue weighted by molar-refractivity contribution is -0.137. The molecule has 24 heavy (non-hydrogen) atoms. The molecule has 1 unspecified atom stereocenters. The van der Waals surface area contributed by atoms with Gasteiger partial charge in [0, 0.05) is 30.8 Å². The predicted octanol–water partition coefficient (Wildman–Crippen LogP) is 2.91. The van der Waals surface area contributed by atoms with Crippen LogP contribution in [0.2, 0.25) is 0 Å². The number of rotatable bonds is 7. The molecular formula is C16H22F3N3O2. The summed E-state index contributed by atoms with van der Waals surface area (Å²) in [6.45, 7) is 3.36. The molecule has 0 fully saturated rings. The first kappa shape index (κ1) is 20.0. The zero-order valence-electron chi connectivity index (χ0n) is 13.7. The molecule has 2 amide bonds. The lowest BCUT2D eigenvalue weighted by Crippen LogP contribution is -2.40. The van der Waals surface area contributed by atoms with E-state index in [0.717, 1.165) is 25.0 Å². The molecule has 0 bridgehead atoms. The van der Waals surface area contributed by atoms with Crippen LogP contribution in [0, 0.1) is 0 Å². The molecule has 0 radical (unpaired) electrons. The second-order valence-corrected chi connectivity index (χ2v) is 5.53. The number of anilines is 1. The first-order chi connectivity index (χ1) is 11.2. The molecule has 0 aliphatic heterocycles. The third-order valence-corrected chi connectivity index (χ3v) is 3.37. The third kappa shape index (κ3) is 6.19. The number of carbonyl (C=O) groups is 2. The monoisotopic (exact) mass is 345 g/mol. The second kappa shape index (κ2) is 8.68. The fourth-order valence-electron chi connectivity index (χ4n) is 2.17. The summed E-state index contributed by atoms with van der Waals surface area (Å²) < 4.78 is 38.9. The van der Waals surface area contributed by atoms with Crippen molar-refractivity contribution in [2.75, 3.05) is 11.9 Å². The number of benzene rings is 1. The smallest absolute Gasteiger partial charge is 0.348 e. The van der Waals surface area contributed by atoms with Crippen LogP contribution in [0.3, 0.4) is 0 Å². The molecule has 0 heterocycles. The van der Waals surface area contributed by atoms with Gasteiger partial charge in [-0.3, -0.25) is 9.59 Å². The lowest BCUT2D eigenvalue weighted by atomic mass is 10.1. The van der Waals surface area contributed by atoms with Crippen LogP contribution in [0.25, 0.3) is 0 Å². The van der Waals surface area contributed by atoms with Gasteiger partial charge in [0.2, 0.25) is 5.91 Å². The van der Waals surface area contributed by atoms with Crippen LogP contribution in [0.15, 0.2) is 18.2 Å². The number of nitrogens with one attached hydrogen (secondary N) is 2. The molecule has 1 aromatic rings. The first-order valence-electron chi connectivity index (χ1n) is 7.68. The highest BCUT2D eigenvalue weighted by molar-refractivity contribution is 5.97. The molecule has 0 saturated carbocycles. The van der Waals surface area contributed by atoms with E-state index in [-0.39, 0.29) is 23.8 Å². The Balaban J connectivity index is 3.07. The average molecular weight is 345 g/mol. The van der Waals surface area contributed by atoms with E-state index in [1.807, 2.05) is 6.92 Å². The normalized spacial score (nSPS) is 12.6. The van der Waals surface area contributed by atoms with Crippen molar-refractivity contribution in [2.24, 2.45) is 5.73 Å². The minimum atomic E-state index is -4.63. The predicted molar refractivity (Wildman–Crippen MR) is 85.6 cm³/mol. The Hall–Kier alpha value is -2.09. The molecule has 8 heteroatoms. The standard InChI is InChI=1S/C16H22F3N3O2/c1-3-4-5-13(9-20)22-15(24)11-6-12(16(17,18)19)8-14(7-11)21-10(2)23/h6-8,13H,3-5,9,20H2,1-2H3,(H,21,23)(H,22,24). The molecule has 4 N–H and O–H groups in total. The molecule has 0 spiro atoms. The van der Waals surface area contributed by atoms with Gasteiger partial charge in [0.15, 0.2) is 0 Å². The summed E-state index contributed by atoms with van der Waals surface area (Å²) in [5.74, 6) is -1.18. The van der Waals surface area contributed by atoms with Crippen molar-refractivity contribution < 1.29 is 22.8 Å². The summed E-state index contributed by atoms with van der Waals surface area (Å²) >= 11 is 0. The largest absolute Gasteiger partial charge is 0.416 e. The Labute approximate surface area is 138 Å². The van der Waals surface area contributed by atoms with Crippen LogP contribution < -0.4 is 16.4 Å². The minimum Gasteiger partial charge on any atom is -0.348 e. The van der Waals surface area contributed by atoms with Gasteiger partial charge < -0.3 is 16.4 Å². The fraction of sp³-hybridized carbons (Fsp3) is 0.500. The Morgan fingerprint density at radius 3 is 2.42 bits per heavy atom. The summed E-state index contributed by atoms with van der Waals surface area (Å²) in [7, 11) is 0. The highest BCUT2D eigenvalue weighted by Crippen LogP contribution is 2.32. The Morgan fingerprint density at radius 2 is 1.92 bits per heavy atom.